The summed E-state index contributed by atoms with van der Waals surface area (Å²) in [5.41, 5.74) is 12.7. The van der Waals surface area contributed by atoms with E-state index in [0.29, 0.717) is 17.5 Å². The second-order valence-electron chi connectivity index (χ2n) is 15.6. The molecule has 2 heterocycles. The maximum Gasteiger partial charge on any atom is 0.165 e. The first kappa shape index (κ1) is 33.2. The van der Waals surface area contributed by atoms with Gasteiger partial charge in [0.2, 0.25) is 0 Å². The van der Waals surface area contributed by atoms with Crippen LogP contribution in [0.4, 0.5) is 0 Å². The van der Waals surface area contributed by atoms with Crippen molar-refractivity contribution in [1.29, 1.82) is 0 Å². The van der Waals surface area contributed by atoms with Crippen LogP contribution in [0.3, 0.4) is 0 Å². The monoisotopic (exact) mass is 818 g/mol. The van der Waals surface area contributed by atoms with Crippen LogP contribution in [-0.4, -0.2) is 19.9 Å². The molecule has 6 aromatic rings. The third kappa shape index (κ3) is 4.88. The Morgan fingerprint density at radius 1 is 0.510 bits per heavy atom. The summed E-state index contributed by atoms with van der Waals surface area (Å²) in [6.07, 6.45) is 1.88. The molecule has 247 valence electrons. The second kappa shape index (κ2) is 11.4. The van der Waals surface area contributed by atoms with Gasteiger partial charge < -0.3 is 4.98 Å². The molecule has 0 unspecified atom stereocenters. The number of hydrogen-bond acceptors (Lipinski definition) is 4. The van der Waals surface area contributed by atoms with Gasteiger partial charge in [0.25, 0.3) is 0 Å². The van der Waals surface area contributed by atoms with Crippen molar-refractivity contribution < 1.29 is 20.1 Å². The minimum atomic E-state index is -0.116. The van der Waals surface area contributed by atoms with E-state index in [2.05, 4.69) is 128 Å². The predicted octanol–water partition coefficient (Wildman–Crippen LogP) is 10.6. The number of rotatable bonds is 4. The minimum absolute atomic E-state index is 0. The molecule has 5 heteroatoms. The summed E-state index contributed by atoms with van der Waals surface area (Å²) in [4.78, 5) is 20.0. The Hall–Kier alpha value is -4.31. The summed E-state index contributed by atoms with van der Waals surface area (Å²) in [6.45, 7) is 18.8. The molecule has 0 bridgehead atoms. The average molecular weight is 818 g/mol. The number of hydrogen-bond donors (Lipinski definition) is 0. The van der Waals surface area contributed by atoms with Gasteiger partial charge in [-0.05, 0) is 50.3 Å². The average Bonchev–Trinajstić information content (AvgIpc) is 3.39. The van der Waals surface area contributed by atoms with E-state index in [1.165, 1.54) is 33.4 Å². The van der Waals surface area contributed by atoms with Crippen LogP contribution in [0.15, 0.2) is 103 Å². The first-order valence-corrected chi connectivity index (χ1v) is 16.9. The van der Waals surface area contributed by atoms with Gasteiger partial charge in [-0.25, -0.2) is 15.0 Å². The minimum Gasteiger partial charge on any atom is -0.304 e. The van der Waals surface area contributed by atoms with Gasteiger partial charge in [-0.15, -0.1) is 34.9 Å². The molecule has 0 atom stereocenters. The second-order valence-corrected chi connectivity index (χ2v) is 15.6. The molecule has 2 aliphatic carbocycles. The summed E-state index contributed by atoms with van der Waals surface area (Å²) in [5, 5.41) is 0. The van der Waals surface area contributed by atoms with E-state index in [1.54, 1.807) is 0 Å². The van der Waals surface area contributed by atoms with Crippen molar-refractivity contribution in [3.8, 4) is 56.5 Å². The van der Waals surface area contributed by atoms with E-state index in [9.17, 15) is 0 Å². The quantitative estimate of drug-likeness (QED) is 0.166. The van der Waals surface area contributed by atoms with Crippen LogP contribution >= 0.6 is 0 Å². The summed E-state index contributed by atoms with van der Waals surface area (Å²) >= 11 is 0. The van der Waals surface area contributed by atoms with Crippen LogP contribution < -0.4 is 0 Å². The van der Waals surface area contributed by atoms with E-state index >= 15 is 0 Å². The zero-order valence-electron chi connectivity index (χ0n) is 29.4. The van der Waals surface area contributed by atoms with Gasteiger partial charge in [-0.3, -0.25) is 0 Å². The molecule has 1 radical (unpaired) electrons. The van der Waals surface area contributed by atoms with Gasteiger partial charge in [0.05, 0.1) is 0 Å². The number of benzene rings is 4. The maximum atomic E-state index is 5.05. The third-order valence-corrected chi connectivity index (χ3v) is 12.2. The topological polar surface area (TPSA) is 51.6 Å². The van der Waals surface area contributed by atoms with Gasteiger partial charge in [0, 0.05) is 48.4 Å². The van der Waals surface area contributed by atoms with Gasteiger partial charge in [0.1, 0.15) is 0 Å². The summed E-state index contributed by atoms with van der Waals surface area (Å²) in [7, 11) is 0. The number of nitrogens with zero attached hydrogens (tertiary/aromatic N) is 4. The van der Waals surface area contributed by atoms with Crippen LogP contribution in [0.25, 0.3) is 56.5 Å². The van der Waals surface area contributed by atoms with E-state index in [4.69, 9.17) is 19.9 Å². The summed E-state index contributed by atoms with van der Waals surface area (Å²) in [6, 6.07) is 37.6. The zero-order chi connectivity index (χ0) is 33.6. The fourth-order valence-electron chi connectivity index (χ4n) is 8.01. The van der Waals surface area contributed by atoms with Crippen LogP contribution in [0.2, 0.25) is 0 Å². The van der Waals surface area contributed by atoms with E-state index in [1.807, 2.05) is 36.5 Å². The Labute approximate surface area is 303 Å². The molecule has 49 heavy (non-hydrogen) atoms. The zero-order valence-corrected chi connectivity index (χ0v) is 31.8. The fraction of sp³-hybridized carbons (Fsp3) is 0.273. The Morgan fingerprint density at radius 3 is 1.80 bits per heavy atom. The van der Waals surface area contributed by atoms with Gasteiger partial charge in [-0.1, -0.05) is 134 Å². The molecule has 2 aliphatic rings. The van der Waals surface area contributed by atoms with Crippen molar-refractivity contribution in [2.24, 2.45) is 5.41 Å². The van der Waals surface area contributed by atoms with Crippen molar-refractivity contribution in [3.05, 3.63) is 132 Å². The molecule has 0 N–H and O–H groups in total. The molecule has 4 nitrogen and oxygen atoms in total. The Bertz CT molecular complexity index is 2230. The van der Waals surface area contributed by atoms with Crippen molar-refractivity contribution in [2.75, 3.05) is 0 Å². The predicted molar refractivity (Wildman–Crippen MR) is 196 cm³/mol. The molecule has 0 saturated carbocycles. The van der Waals surface area contributed by atoms with Gasteiger partial charge in [-0.2, -0.15) is 0 Å². The van der Waals surface area contributed by atoms with Gasteiger partial charge in [0.15, 0.2) is 17.5 Å². The van der Waals surface area contributed by atoms with Crippen molar-refractivity contribution in [2.45, 2.75) is 71.6 Å². The summed E-state index contributed by atoms with van der Waals surface area (Å²) < 4.78 is 0. The largest absolute Gasteiger partial charge is 0.304 e. The van der Waals surface area contributed by atoms with Crippen molar-refractivity contribution >= 4 is 0 Å². The Kier molecular flexibility index (Phi) is 7.70. The van der Waals surface area contributed by atoms with Crippen LogP contribution in [0, 0.1) is 11.5 Å². The van der Waals surface area contributed by atoms with Crippen LogP contribution in [0.1, 0.15) is 77.6 Å². The SMILES string of the molecule is CC1(C)c2ccccc2-c2ccc(-c3nc(-c4ccccc4)nc(-c4ccc(-c5[c-]cc6c(c5)C(C)(C)C(C)(C)C6(C)C)nc4)n3)cc21.[Ir]. The molecule has 0 saturated heterocycles. The molecular weight excluding hydrogens is 777 g/mol. The van der Waals surface area contributed by atoms with E-state index in [0.717, 1.165) is 27.9 Å². The summed E-state index contributed by atoms with van der Waals surface area (Å²) in [5.74, 6) is 1.89. The van der Waals surface area contributed by atoms with Crippen LogP contribution in [0.5, 0.6) is 0 Å². The van der Waals surface area contributed by atoms with E-state index in [-0.39, 0.29) is 41.8 Å². The molecule has 2 aromatic heterocycles. The molecular formula is C44H41IrN4-. The van der Waals surface area contributed by atoms with Crippen molar-refractivity contribution in [3.63, 3.8) is 0 Å². The molecule has 0 amide bonds. The normalized spacial score (nSPS) is 17.1. The van der Waals surface area contributed by atoms with Gasteiger partial charge >= 0.3 is 0 Å². The fourth-order valence-corrected chi connectivity index (χ4v) is 8.01. The number of fused-ring (bicyclic) bond motifs is 4. The third-order valence-electron chi connectivity index (χ3n) is 12.2. The molecule has 0 fully saturated rings. The molecule has 8 rings (SSSR count). The first-order chi connectivity index (χ1) is 22.8. The number of aromatic nitrogens is 4. The first-order valence-electron chi connectivity index (χ1n) is 16.9. The van der Waals surface area contributed by atoms with E-state index < -0.39 is 0 Å². The maximum absolute atomic E-state index is 5.05. The standard InChI is InChI=1S/C44H41N4.Ir/c1-41(2)33-17-13-12-16-31(33)32-21-18-29(25-35(32)41)39-46-38(27-14-10-9-11-15-27)47-40(48-39)30-20-23-37(45-26-30)28-19-22-34-36(24-28)43(5,6)44(7,8)42(34,3)4;/h9-18,20-26H,1-8H3;/q-1;. The Balaban J connectivity index is 0.00000378. The smallest absolute Gasteiger partial charge is 0.165 e. The molecule has 0 aliphatic heterocycles. The molecule has 0 spiro atoms. The number of pyridine rings is 1. The Morgan fingerprint density at radius 2 is 1.10 bits per heavy atom. The van der Waals surface area contributed by atoms with Crippen molar-refractivity contribution in [1.82, 2.24) is 19.9 Å². The molecule has 4 aromatic carbocycles. The van der Waals surface area contributed by atoms with Crippen LogP contribution in [-0.2, 0) is 36.4 Å².